The van der Waals surface area contributed by atoms with Crippen molar-refractivity contribution in [2.75, 3.05) is 6.26 Å². The van der Waals surface area contributed by atoms with Crippen LogP contribution in [0, 0.1) is 0 Å². The summed E-state index contributed by atoms with van der Waals surface area (Å²) in [6.07, 6.45) is 3.36. The van der Waals surface area contributed by atoms with Gasteiger partial charge in [0.25, 0.3) is 0 Å². The first-order valence-electron chi connectivity index (χ1n) is 10.0. The van der Waals surface area contributed by atoms with Crippen molar-refractivity contribution in [1.82, 2.24) is 9.97 Å². The molecule has 0 saturated carbocycles. The quantitative estimate of drug-likeness (QED) is 0.464. The van der Waals surface area contributed by atoms with Gasteiger partial charge in [-0.25, -0.2) is 4.98 Å². The van der Waals surface area contributed by atoms with Gasteiger partial charge in [0.1, 0.15) is 5.82 Å². The van der Waals surface area contributed by atoms with Gasteiger partial charge in [-0.2, -0.15) is 0 Å². The molecular weight excluding hydrogens is 392 g/mol. The number of aromatic nitrogens is 2. The molecule has 4 rings (SSSR count). The third-order valence-corrected chi connectivity index (χ3v) is 6.27. The van der Waals surface area contributed by atoms with Gasteiger partial charge in [-0.05, 0) is 66.8 Å². The zero-order chi connectivity index (χ0) is 21.3. The molecule has 0 radical (unpaired) electrons. The maximum atomic E-state index is 11.5. The molecule has 4 aromatic rings. The summed E-state index contributed by atoms with van der Waals surface area (Å²) in [6, 6.07) is 22.1. The van der Waals surface area contributed by atoms with Crippen molar-refractivity contribution in [3.8, 4) is 11.1 Å². The second-order valence-corrected chi connectivity index (χ2v) is 9.50. The van der Waals surface area contributed by atoms with E-state index in [0.29, 0.717) is 0 Å². The predicted octanol–water partition coefficient (Wildman–Crippen LogP) is 4.98. The number of imidazole rings is 1. The van der Waals surface area contributed by atoms with Gasteiger partial charge >= 0.3 is 0 Å². The number of hydrogen-bond donors (Lipinski definition) is 2. The Morgan fingerprint density at radius 1 is 1.00 bits per heavy atom. The maximum Gasteiger partial charge on any atom is 0.107 e. The number of benzene rings is 3. The van der Waals surface area contributed by atoms with Gasteiger partial charge in [-0.15, -0.1) is 0 Å². The Morgan fingerprint density at radius 2 is 1.73 bits per heavy atom. The van der Waals surface area contributed by atoms with E-state index in [1.165, 1.54) is 5.56 Å². The van der Waals surface area contributed by atoms with Crippen LogP contribution in [-0.4, -0.2) is 25.5 Å². The Hall–Kier alpha value is -2.76. The minimum Gasteiger partial charge on any atom is -0.386 e. The number of hydrogen-bond acceptors (Lipinski definition) is 3. The Balaban J connectivity index is 1.57. The molecule has 154 valence electrons. The van der Waals surface area contributed by atoms with Gasteiger partial charge in [-0.1, -0.05) is 42.5 Å². The Kier molecular flexibility index (Phi) is 5.58. The van der Waals surface area contributed by atoms with Crippen molar-refractivity contribution >= 4 is 21.8 Å². The van der Waals surface area contributed by atoms with Crippen LogP contribution in [0.3, 0.4) is 0 Å². The van der Waals surface area contributed by atoms with Gasteiger partial charge in [0, 0.05) is 28.4 Å². The number of aryl methyl sites for hydroxylation is 2. The smallest absolute Gasteiger partial charge is 0.107 e. The van der Waals surface area contributed by atoms with E-state index in [1.54, 1.807) is 6.26 Å². The summed E-state index contributed by atoms with van der Waals surface area (Å²) in [5.74, 6) is 0.945. The van der Waals surface area contributed by atoms with E-state index in [9.17, 15) is 9.32 Å². The molecule has 0 spiro atoms. The highest BCUT2D eigenvalue weighted by Crippen LogP contribution is 2.32. The second-order valence-electron chi connectivity index (χ2n) is 8.12. The third-order valence-electron chi connectivity index (χ3n) is 5.33. The van der Waals surface area contributed by atoms with Crippen LogP contribution in [0.2, 0.25) is 0 Å². The minimum absolute atomic E-state index is 0.804. The number of H-pyrrole nitrogens is 1. The van der Waals surface area contributed by atoms with Crippen LogP contribution in [0.15, 0.2) is 71.6 Å². The molecule has 0 aliphatic heterocycles. The van der Waals surface area contributed by atoms with Crippen molar-refractivity contribution in [1.29, 1.82) is 0 Å². The molecule has 5 heteroatoms. The molecule has 0 aliphatic rings. The fraction of sp³-hybridized carbons (Fsp3) is 0.240. The van der Waals surface area contributed by atoms with Crippen molar-refractivity contribution in [2.24, 2.45) is 0 Å². The molecule has 0 fully saturated rings. The lowest BCUT2D eigenvalue weighted by atomic mass is 9.89. The second kappa shape index (κ2) is 8.17. The Morgan fingerprint density at radius 3 is 2.43 bits per heavy atom. The normalized spacial score (nSPS) is 12.9. The molecule has 0 bridgehead atoms. The van der Waals surface area contributed by atoms with Crippen LogP contribution in [0.25, 0.3) is 22.2 Å². The van der Waals surface area contributed by atoms with Crippen molar-refractivity contribution < 1.29 is 9.32 Å². The number of nitrogens with one attached hydrogen (secondary N) is 1. The SMILES string of the molecule is CS(=O)c1ccc(CCc2nc3ccc(-c4ccccc4C(C)(C)O)cc3[nH]2)cc1. The number of fused-ring (bicyclic) bond motifs is 1. The fourth-order valence-corrected chi connectivity index (χ4v) is 4.25. The Bertz CT molecular complexity index is 1200. The summed E-state index contributed by atoms with van der Waals surface area (Å²) in [4.78, 5) is 9.02. The first kappa shape index (κ1) is 20.5. The standard InChI is InChI=1S/C25H26N2O2S/c1-25(2,28)21-7-5-4-6-20(21)18-11-14-22-23(16-18)27-24(26-22)15-10-17-8-12-19(13-9-17)30(3)29/h4-9,11-14,16,28H,10,15H2,1-3H3,(H,26,27). The summed E-state index contributed by atoms with van der Waals surface area (Å²) in [5.41, 5.74) is 5.20. The zero-order valence-corrected chi connectivity index (χ0v) is 18.3. The molecule has 0 amide bonds. The summed E-state index contributed by atoms with van der Waals surface area (Å²) >= 11 is 0. The van der Waals surface area contributed by atoms with E-state index in [1.807, 2.05) is 68.4 Å². The number of rotatable bonds is 6. The summed E-state index contributed by atoms with van der Waals surface area (Å²) in [7, 11) is -0.948. The highest BCUT2D eigenvalue weighted by molar-refractivity contribution is 7.84. The van der Waals surface area contributed by atoms with Crippen molar-refractivity contribution in [3.05, 3.63) is 83.7 Å². The molecule has 1 aromatic heterocycles. The topological polar surface area (TPSA) is 66.0 Å². The number of nitrogens with zero attached hydrogens (tertiary/aromatic N) is 1. The third kappa shape index (κ3) is 4.37. The van der Waals surface area contributed by atoms with Gasteiger partial charge in [0.15, 0.2) is 0 Å². The van der Waals surface area contributed by atoms with Crippen LogP contribution >= 0.6 is 0 Å². The molecule has 0 saturated heterocycles. The van der Waals surface area contributed by atoms with Gasteiger partial charge in [0.2, 0.25) is 0 Å². The molecular formula is C25H26N2O2S. The zero-order valence-electron chi connectivity index (χ0n) is 17.5. The minimum atomic E-state index is -0.948. The molecule has 1 atom stereocenters. The summed E-state index contributed by atoms with van der Waals surface area (Å²) in [5, 5.41) is 10.5. The lowest BCUT2D eigenvalue weighted by Gasteiger charge is -2.21. The number of aromatic amines is 1. The molecule has 1 unspecified atom stereocenters. The van der Waals surface area contributed by atoms with E-state index >= 15 is 0 Å². The maximum absolute atomic E-state index is 11.5. The highest BCUT2D eigenvalue weighted by Gasteiger charge is 2.20. The largest absolute Gasteiger partial charge is 0.386 e. The Labute approximate surface area is 179 Å². The van der Waals surface area contributed by atoms with Crippen LogP contribution in [0.1, 0.15) is 30.8 Å². The molecule has 3 aromatic carbocycles. The predicted molar refractivity (Wildman–Crippen MR) is 123 cm³/mol. The van der Waals surface area contributed by atoms with E-state index < -0.39 is 16.4 Å². The van der Waals surface area contributed by atoms with Crippen LogP contribution < -0.4 is 0 Å². The highest BCUT2D eigenvalue weighted by atomic mass is 32.2. The molecule has 30 heavy (non-hydrogen) atoms. The van der Waals surface area contributed by atoms with Crippen LogP contribution in [0.4, 0.5) is 0 Å². The molecule has 4 nitrogen and oxygen atoms in total. The first-order chi connectivity index (χ1) is 14.3. The average molecular weight is 419 g/mol. The van der Waals surface area contributed by atoms with E-state index in [4.69, 9.17) is 4.98 Å². The van der Waals surface area contributed by atoms with Gasteiger partial charge in [0.05, 0.1) is 16.6 Å². The van der Waals surface area contributed by atoms with Crippen LogP contribution in [0.5, 0.6) is 0 Å². The van der Waals surface area contributed by atoms with Gasteiger partial charge < -0.3 is 10.1 Å². The van der Waals surface area contributed by atoms with E-state index in [-0.39, 0.29) is 0 Å². The summed E-state index contributed by atoms with van der Waals surface area (Å²) in [6.45, 7) is 3.62. The first-order valence-corrected chi connectivity index (χ1v) is 11.6. The lowest BCUT2D eigenvalue weighted by Crippen LogP contribution is -2.16. The van der Waals surface area contributed by atoms with E-state index in [0.717, 1.165) is 51.3 Å². The summed E-state index contributed by atoms with van der Waals surface area (Å²) < 4.78 is 11.5. The van der Waals surface area contributed by atoms with Gasteiger partial charge in [-0.3, -0.25) is 4.21 Å². The van der Waals surface area contributed by atoms with Crippen LogP contribution in [-0.2, 0) is 29.2 Å². The number of aliphatic hydroxyl groups is 1. The molecule has 0 aliphatic carbocycles. The monoisotopic (exact) mass is 418 g/mol. The van der Waals surface area contributed by atoms with Crippen molar-refractivity contribution in [3.63, 3.8) is 0 Å². The molecule has 1 heterocycles. The fourth-order valence-electron chi connectivity index (χ4n) is 3.73. The lowest BCUT2D eigenvalue weighted by molar-refractivity contribution is 0.0792. The van der Waals surface area contributed by atoms with E-state index in [2.05, 4.69) is 17.1 Å². The van der Waals surface area contributed by atoms with Crippen molar-refractivity contribution in [2.45, 2.75) is 37.2 Å². The average Bonchev–Trinajstić information content (AvgIpc) is 3.14. The molecule has 2 N–H and O–H groups in total.